The molecule has 0 aliphatic heterocycles. The summed E-state index contributed by atoms with van der Waals surface area (Å²) in [6.45, 7) is 3.43. The summed E-state index contributed by atoms with van der Waals surface area (Å²) in [6.07, 6.45) is 1.42. The molecule has 7 heteroatoms. The van der Waals surface area contributed by atoms with Gasteiger partial charge in [0.05, 0.1) is 19.4 Å². The van der Waals surface area contributed by atoms with Crippen LogP contribution >= 0.6 is 0 Å². The smallest absolute Gasteiger partial charge is 0.343 e. The summed E-state index contributed by atoms with van der Waals surface area (Å²) in [6, 6.07) is 14.3. The second kappa shape index (κ2) is 8.97. The van der Waals surface area contributed by atoms with Gasteiger partial charge in [0.15, 0.2) is 11.6 Å². The molecule has 0 aliphatic carbocycles. The molecule has 0 fully saturated rings. The summed E-state index contributed by atoms with van der Waals surface area (Å²) < 4.78 is 10.3. The van der Waals surface area contributed by atoms with E-state index in [1.165, 1.54) is 13.1 Å². The Morgan fingerprint density at radius 2 is 1.76 bits per heavy atom. The Bertz CT molecular complexity index is 1030. The molecule has 0 bridgehead atoms. The summed E-state index contributed by atoms with van der Waals surface area (Å²) >= 11 is 0. The standard InChI is InChI=1S/C22H21N3O4/c1-4-29-22(27)18-13-23-20(15-9-11-16(28-3)12-10-15)25-21(18)24-19-8-6-5-7-17(19)14(2)26/h5-13H,4H2,1-3H3,(H,23,24,25). The van der Waals surface area contributed by atoms with E-state index in [-0.39, 0.29) is 23.8 Å². The van der Waals surface area contributed by atoms with Gasteiger partial charge in [0.2, 0.25) is 0 Å². The monoisotopic (exact) mass is 391 g/mol. The fraction of sp³-hybridized carbons (Fsp3) is 0.182. The number of hydrogen-bond donors (Lipinski definition) is 1. The zero-order valence-electron chi connectivity index (χ0n) is 16.4. The molecule has 0 spiro atoms. The van der Waals surface area contributed by atoms with Crippen LogP contribution in [0.5, 0.6) is 5.75 Å². The maximum atomic E-state index is 12.4. The molecule has 0 saturated carbocycles. The first kappa shape index (κ1) is 20.0. The first-order valence-electron chi connectivity index (χ1n) is 9.09. The number of Topliss-reactive ketones (excluding diaryl/α,β-unsaturated/α-hetero) is 1. The molecule has 0 aliphatic rings. The molecule has 148 valence electrons. The van der Waals surface area contributed by atoms with Crippen LogP contribution in [0.15, 0.2) is 54.7 Å². The number of rotatable bonds is 7. The van der Waals surface area contributed by atoms with E-state index in [2.05, 4.69) is 15.3 Å². The molecule has 0 atom stereocenters. The van der Waals surface area contributed by atoms with Crippen molar-refractivity contribution in [1.29, 1.82) is 0 Å². The summed E-state index contributed by atoms with van der Waals surface area (Å²) in [7, 11) is 1.59. The van der Waals surface area contributed by atoms with Crippen molar-refractivity contribution < 1.29 is 19.1 Å². The Morgan fingerprint density at radius 1 is 1.03 bits per heavy atom. The first-order chi connectivity index (χ1) is 14.0. The quantitative estimate of drug-likeness (QED) is 0.475. The second-order valence-corrected chi connectivity index (χ2v) is 6.13. The highest BCUT2D eigenvalue weighted by atomic mass is 16.5. The maximum absolute atomic E-state index is 12.4. The Hall–Kier alpha value is -3.74. The normalized spacial score (nSPS) is 10.3. The van der Waals surface area contributed by atoms with Crippen LogP contribution in [-0.2, 0) is 4.74 Å². The van der Waals surface area contributed by atoms with Gasteiger partial charge in [-0.1, -0.05) is 12.1 Å². The van der Waals surface area contributed by atoms with Crippen LogP contribution in [0.2, 0.25) is 0 Å². The SMILES string of the molecule is CCOC(=O)c1cnc(-c2ccc(OC)cc2)nc1Nc1ccccc1C(C)=O. The van der Waals surface area contributed by atoms with Gasteiger partial charge in [-0.05, 0) is 50.2 Å². The minimum absolute atomic E-state index is 0.102. The van der Waals surface area contributed by atoms with Gasteiger partial charge in [-0.2, -0.15) is 0 Å². The number of carbonyl (C=O) groups is 2. The van der Waals surface area contributed by atoms with Gasteiger partial charge in [0.25, 0.3) is 0 Å². The van der Waals surface area contributed by atoms with E-state index in [1.54, 1.807) is 50.4 Å². The van der Waals surface area contributed by atoms with Crippen LogP contribution < -0.4 is 10.1 Å². The van der Waals surface area contributed by atoms with Crippen LogP contribution in [0, 0.1) is 0 Å². The van der Waals surface area contributed by atoms with Crippen LogP contribution in [-0.4, -0.2) is 35.4 Å². The third-order valence-electron chi connectivity index (χ3n) is 4.19. The molecular weight excluding hydrogens is 370 g/mol. The number of aromatic nitrogens is 2. The molecular formula is C22H21N3O4. The number of nitrogens with one attached hydrogen (secondary N) is 1. The van der Waals surface area contributed by atoms with Crippen molar-refractivity contribution >= 4 is 23.3 Å². The molecule has 1 heterocycles. The highest BCUT2D eigenvalue weighted by Gasteiger charge is 2.18. The average molecular weight is 391 g/mol. The van der Waals surface area contributed by atoms with Crippen molar-refractivity contribution in [2.75, 3.05) is 19.0 Å². The number of hydrogen-bond acceptors (Lipinski definition) is 7. The number of para-hydroxylation sites is 1. The zero-order chi connectivity index (χ0) is 20.8. The Morgan fingerprint density at radius 3 is 2.41 bits per heavy atom. The number of nitrogens with zero attached hydrogens (tertiary/aromatic N) is 2. The predicted molar refractivity (Wildman–Crippen MR) is 110 cm³/mol. The topological polar surface area (TPSA) is 90.4 Å². The Kier molecular flexibility index (Phi) is 6.19. The molecule has 0 radical (unpaired) electrons. The van der Waals surface area contributed by atoms with Crippen molar-refractivity contribution in [3.05, 3.63) is 65.9 Å². The number of ether oxygens (including phenoxy) is 2. The number of benzene rings is 2. The van der Waals surface area contributed by atoms with Crippen LogP contribution in [0.1, 0.15) is 34.6 Å². The van der Waals surface area contributed by atoms with E-state index in [9.17, 15) is 9.59 Å². The zero-order valence-corrected chi connectivity index (χ0v) is 16.4. The van der Waals surface area contributed by atoms with Gasteiger partial charge in [-0.3, -0.25) is 4.79 Å². The molecule has 1 N–H and O–H groups in total. The van der Waals surface area contributed by atoms with Crippen LogP contribution in [0.3, 0.4) is 0 Å². The van der Waals surface area contributed by atoms with E-state index in [0.717, 1.165) is 5.56 Å². The van der Waals surface area contributed by atoms with E-state index in [0.29, 0.717) is 22.8 Å². The minimum Gasteiger partial charge on any atom is -0.497 e. The molecule has 7 nitrogen and oxygen atoms in total. The Balaban J connectivity index is 2.06. The molecule has 29 heavy (non-hydrogen) atoms. The van der Waals surface area contributed by atoms with E-state index in [4.69, 9.17) is 9.47 Å². The van der Waals surface area contributed by atoms with Crippen molar-refractivity contribution in [3.8, 4) is 17.1 Å². The third-order valence-corrected chi connectivity index (χ3v) is 4.19. The fourth-order valence-electron chi connectivity index (χ4n) is 2.74. The number of anilines is 2. The molecule has 1 aromatic heterocycles. The lowest BCUT2D eigenvalue weighted by molar-refractivity contribution is 0.0526. The molecule has 2 aromatic carbocycles. The van der Waals surface area contributed by atoms with E-state index >= 15 is 0 Å². The van der Waals surface area contributed by atoms with Gasteiger partial charge in [0, 0.05) is 17.3 Å². The average Bonchev–Trinajstić information content (AvgIpc) is 2.74. The van der Waals surface area contributed by atoms with Crippen molar-refractivity contribution in [1.82, 2.24) is 9.97 Å². The van der Waals surface area contributed by atoms with E-state index in [1.807, 2.05) is 12.1 Å². The lowest BCUT2D eigenvalue weighted by Gasteiger charge is -2.14. The number of ketones is 1. The van der Waals surface area contributed by atoms with Crippen molar-refractivity contribution in [2.45, 2.75) is 13.8 Å². The lowest BCUT2D eigenvalue weighted by atomic mass is 10.1. The minimum atomic E-state index is -0.545. The van der Waals surface area contributed by atoms with Gasteiger partial charge in [0.1, 0.15) is 17.1 Å². The van der Waals surface area contributed by atoms with Crippen molar-refractivity contribution in [2.24, 2.45) is 0 Å². The molecule has 0 unspecified atom stereocenters. The van der Waals surface area contributed by atoms with Gasteiger partial charge in [-0.25, -0.2) is 14.8 Å². The summed E-state index contributed by atoms with van der Waals surface area (Å²) in [5.41, 5.74) is 1.98. The second-order valence-electron chi connectivity index (χ2n) is 6.13. The lowest BCUT2D eigenvalue weighted by Crippen LogP contribution is -2.12. The van der Waals surface area contributed by atoms with Gasteiger partial charge < -0.3 is 14.8 Å². The van der Waals surface area contributed by atoms with Crippen LogP contribution in [0.4, 0.5) is 11.5 Å². The summed E-state index contributed by atoms with van der Waals surface area (Å²) in [5, 5.41) is 3.10. The Labute approximate surface area is 168 Å². The highest BCUT2D eigenvalue weighted by Crippen LogP contribution is 2.26. The molecule has 3 rings (SSSR count). The maximum Gasteiger partial charge on any atom is 0.343 e. The molecule has 3 aromatic rings. The summed E-state index contributed by atoms with van der Waals surface area (Å²) in [4.78, 5) is 33.2. The fourth-order valence-corrected chi connectivity index (χ4v) is 2.74. The third kappa shape index (κ3) is 4.57. The van der Waals surface area contributed by atoms with Gasteiger partial charge >= 0.3 is 5.97 Å². The highest BCUT2D eigenvalue weighted by molar-refractivity contribution is 6.01. The number of carbonyl (C=O) groups excluding carboxylic acids is 2. The number of esters is 1. The van der Waals surface area contributed by atoms with Crippen LogP contribution in [0.25, 0.3) is 11.4 Å². The van der Waals surface area contributed by atoms with Gasteiger partial charge in [-0.15, -0.1) is 0 Å². The predicted octanol–water partition coefficient (Wildman–Crippen LogP) is 4.28. The molecule has 0 amide bonds. The largest absolute Gasteiger partial charge is 0.497 e. The van der Waals surface area contributed by atoms with Crippen molar-refractivity contribution in [3.63, 3.8) is 0 Å². The summed E-state index contributed by atoms with van der Waals surface area (Å²) in [5.74, 6) is 0.749. The number of methoxy groups -OCH3 is 1. The van der Waals surface area contributed by atoms with E-state index < -0.39 is 5.97 Å². The first-order valence-corrected chi connectivity index (χ1v) is 9.09. The molecule has 0 saturated heterocycles.